The van der Waals surface area contributed by atoms with Crippen LogP contribution < -0.4 is 14.4 Å². The number of carbonyl (C=O) groups excluding carboxylic acids is 1. The fourth-order valence-corrected chi connectivity index (χ4v) is 4.27. The summed E-state index contributed by atoms with van der Waals surface area (Å²) in [6, 6.07) is 15.2. The summed E-state index contributed by atoms with van der Waals surface area (Å²) >= 11 is 1.48. The smallest absolute Gasteiger partial charge is 0.233 e. The standard InChI is InChI=1S/C23H24N4O3S/c1-3-30-18-7-5-17(6-8-18)15-22(28)27(14-13-26-12-4-11-24-26)23-25-20-10-9-19(29-2)16-21(20)31-23/h4-12,16H,3,13-15H2,1-2H3. The third-order valence-corrected chi connectivity index (χ3v) is 5.86. The second-order valence-electron chi connectivity index (χ2n) is 6.90. The van der Waals surface area contributed by atoms with Gasteiger partial charge in [-0.3, -0.25) is 14.4 Å². The summed E-state index contributed by atoms with van der Waals surface area (Å²) in [5.41, 5.74) is 1.78. The molecule has 0 aliphatic heterocycles. The highest BCUT2D eigenvalue weighted by atomic mass is 32.1. The van der Waals surface area contributed by atoms with Crippen LogP contribution in [0.4, 0.5) is 5.13 Å². The van der Waals surface area contributed by atoms with E-state index in [2.05, 4.69) is 5.10 Å². The molecule has 0 saturated carbocycles. The molecular weight excluding hydrogens is 412 g/mol. The molecule has 2 aromatic carbocycles. The molecule has 160 valence electrons. The highest BCUT2D eigenvalue weighted by molar-refractivity contribution is 7.22. The van der Waals surface area contributed by atoms with Gasteiger partial charge in [-0.2, -0.15) is 5.10 Å². The van der Waals surface area contributed by atoms with Crippen molar-refractivity contribution in [1.29, 1.82) is 0 Å². The lowest BCUT2D eigenvalue weighted by molar-refractivity contribution is -0.118. The number of amides is 1. The molecule has 0 aliphatic carbocycles. The minimum absolute atomic E-state index is 0.0117. The monoisotopic (exact) mass is 436 g/mol. The molecule has 0 fully saturated rings. The molecule has 0 saturated heterocycles. The largest absolute Gasteiger partial charge is 0.497 e. The molecule has 0 unspecified atom stereocenters. The van der Waals surface area contributed by atoms with E-state index in [0.717, 1.165) is 27.3 Å². The number of nitrogens with zero attached hydrogens (tertiary/aromatic N) is 4. The van der Waals surface area contributed by atoms with E-state index in [1.807, 2.05) is 66.3 Å². The van der Waals surface area contributed by atoms with Gasteiger partial charge in [-0.05, 0) is 48.9 Å². The Labute approximate surface area is 184 Å². The van der Waals surface area contributed by atoms with Crippen molar-refractivity contribution in [3.05, 3.63) is 66.5 Å². The van der Waals surface area contributed by atoms with Gasteiger partial charge in [0, 0.05) is 18.9 Å². The lowest BCUT2D eigenvalue weighted by Crippen LogP contribution is -2.35. The molecule has 2 heterocycles. The summed E-state index contributed by atoms with van der Waals surface area (Å²) in [6.45, 7) is 3.63. The molecule has 1 amide bonds. The first-order valence-electron chi connectivity index (χ1n) is 10.1. The SMILES string of the molecule is CCOc1ccc(CC(=O)N(CCn2cccn2)c2nc3ccc(OC)cc3s2)cc1. The highest BCUT2D eigenvalue weighted by Crippen LogP contribution is 2.32. The summed E-state index contributed by atoms with van der Waals surface area (Å²) in [7, 11) is 1.64. The highest BCUT2D eigenvalue weighted by Gasteiger charge is 2.20. The quantitative estimate of drug-likeness (QED) is 0.394. The van der Waals surface area contributed by atoms with Crippen molar-refractivity contribution >= 4 is 32.6 Å². The summed E-state index contributed by atoms with van der Waals surface area (Å²) in [4.78, 5) is 19.7. The van der Waals surface area contributed by atoms with Crippen LogP contribution in [0.25, 0.3) is 10.2 Å². The maximum absolute atomic E-state index is 13.3. The van der Waals surface area contributed by atoms with Gasteiger partial charge >= 0.3 is 0 Å². The Morgan fingerprint density at radius 3 is 2.68 bits per heavy atom. The molecule has 7 nitrogen and oxygen atoms in total. The van der Waals surface area contributed by atoms with E-state index < -0.39 is 0 Å². The van der Waals surface area contributed by atoms with Crippen LogP contribution in [0, 0.1) is 0 Å². The molecule has 0 aliphatic rings. The van der Waals surface area contributed by atoms with Crippen molar-refractivity contribution in [3.63, 3.8) is 0 Å². The molecule has 4 aromatic rings. The zero-order valence-corrected chi connectivity index (χ0v) is 18.3. The number of carbonyl (C=O) groups is 1. The van der Waals surface area contributed by atoms with Crippen molar-refractivity contribution in [2.45, 2.75) is 19.9 Å². The van der Waals surface area contributed by atoms with Gasteiger partial charge in [-0.15, -0.1) is 0 Å². The Balaban J connectivity index is 1.57. The molecule has 0 atom stereocenters. The molecule has 2 aromatic heterocycles. The fourth-order valence-electron chi connectivity index (χ4n) is 3.24. The average Bonchev–Trinajstić information content (AvgIpc) is 3.44. The number of hydrogen-bond acceptors (Lipinski definition) is 6. The predicted octanol–water partition coefficient (Wildman–Crippen LogP) is 4.18. The lowest BCUT2D eigenvalue weighted by Gasteiger charge is -2.20. The Bertz CT molecular complexity index is 1140. The molecule has 31 heavy (non-hydrogen) atoms. The van der Waals surface area contributed by atoms with Crippen molar-refractivity contribution in [2.24, 2.45) is 0 Å². The van der Waals surface area contributed by atoms with E-state index in [1.54, 1.807) is 18.2 Å². The number of methoxy groups -OCH3 is 1. The van der Waals surface area contributed by atoms with E-state index in [0.29, 0.717) is 24.8 Å². The average molecular weight is 437 g/mol. The zero-order valence-electron chi connectivity index (χ0n) is 17.5. The zero-order chi connectivity index (χ0) is 21.6. The van der Waals surface area contributed by atoms with Gasteiger partial charge < -0.3 is 9.47 Å². The minimum Gasteiger partial charge on any atom is -0.497 e. The summed E-state index contributed by atoms with van der Waals surface area (Å²) in [6.07, 6.45) is 3.90. The number of benzene rings is 2. The van der Waals surface area contributed by atoms with Crippen LogP contribution in [0.15, 0.2) is 60.9 Å². The Morgan fingerprint density at radius 2 is 1.97 bits per heavy atom. The van der Waals surface area contributed by atoms with Crippen molar-refractivity contribution in [1.82, 2.24) is 14.8 Å². The number of ether oxygens (including phenoxy) is 2. The van der Waals surface area contributed by atoms with Gasteiger partial charge in [0.2, 0.25) is 5.91 Å². The lowest BCUT2D eigenvalue weighted by atomic mass is 10.1. The Hall–Kier alpha value is -3.39. The Morgan fingerprint density at radius 1 is 1.16 bits per heavy atom. The van der Waals surface area contributed by atoms with Gasteiger partial charge in [0.05, 0.1) is 36.9 Å². The predicted molar refractivity (Wildman–Crippen MR) is 122 cm³/mol. The first-order valence-corrected chi connectivity index (χ1v) is 10.9. The van der Waals surface area contributed by atoms with E-state index in [1.165, 1.54) is 11.3 Å². The molecule has 0 spiro atoms. The number of thiazole rings is 1. The van der Waals surface area contributed by atoms with Crippen LogP contribution in [0.2, 0.25) is 0 Å². The molecule has 0 radical (unpaired) electrons. The van der Waals surface area contributed by atoms with Gasteiger partial charge in [-0.1, -0.05) is 23.5 Å². The van der Waals surface area contributed by atoms with Crippen molar-refractivity contribution in [3.8, 4) is 11.5 Å². The van der Waals surface area contributed by atoms with Crippen LogP contribution >= 0.6 is 11.3 Å². The van der Waals surface area contributed by atoms with Crippen LogP contribution in [0.5, 0.6) is 11.5 Å². The van der Waals surface area contributed by atoms with Crippen LogP contribution in [0.1, 0.15) is 12.5 Å². The summed E-state index contributed by atoms with van der Waals surface area (Å²) in [5, 5.41) is 4.92. The van der Waals surface area contributed by atoms with Gasteiger partial charge in [0.25, 0.3) is 0 Å². The number of fused-ring (bicyclic) bond motifs is 1. The van der Waals surface area contributed by atoms with Gasteiger partial charge in [0.15, 0.2) is 5.13 Å². The normalized spacial score (nSPS) is 10.9. The maximum Gasteiger partial charge on any atom is 0.233 e. The summed E-state index contributed by atoms with van der Waals surface area (Å²) < 4.78 is 13.6. The van der Waals surface area contributed by atoms with Gasteiger partial charge in [0.1, 0.15) is 11.5 Å². The van der Waals surface area contributed by atoms with Gasteiger partial charge in [-0.25, -0.2) is 4.98 Å². The van der Waals surface area contributed by atoms with E-state index in [9.17, 15) is 4.79 Å². The number of rotatable bonds is 9. The second kappa shape index (κ2) is 9.61. The summed E-state index contributed by atoms with van der Waals surface area (Å²) in [5.74, 6) is 1.56. The number of hydrogen-bond donors (Lipinski definition) is 0. The number of aromatic nitrogens is 3. The first kappa shape index (κ1) is 20.9. The fraction of sp³-hybridized carbons (Fsp3) is 0.261. The third-order valence-electron chi connectivity index (χ3n) is 4.82. The molecular formula is C23H24N4O3S. The van der Waals surface area contributed by atoms with Crippen molar-refractivity contribution in [2.75, 3.05) is 25.2 Å². The number of anilines is 1. The topological polar surface area (TPSA) is 69.5 Å². The molecule has 4 rings (SSSR count). The maximum atomic E-state index is 13.3. The van der Waals surface area contributed by atoms with Crippen LogP contribution in [0.3, 0.4) is 0 Å². The van der Waals surface area contributed by atoms with E-state index in [4.69, 9.17) is 14.5 Å². The Kier molecular flexibility index (Phi) is 6.47. The second-order valence-corrected chi connectivity index (χ2v) is 7.91. The van der Waals surface area contributed by atoms with E-state index >= 15 is 0 Å². The minimum atomic E-state index is -0.0117. The van der Waals surface area contributed by atoms with Crippen LogP contribution in [-0.4, -0.2) is 40.9 Å². The molecule has 0 N–H and O–H groups in total. The molecule has 0 bridgehead atoms. The van der Waals surface area contributed by atoms with Crippen molar-refractivity contribution < 1.29 is 14.3 Å². The third kappa shape index (κ3) is 5.03. The molecule has 8 heteroatoms. The van der Waals surface area contributed by atoms with Crippen LogP contribution in [-0.2, 0) is 17.8 Å². The first-order chi connectivity index (χ1) is 15.2. The van der Waals surface area contributed by atoms with E-state index in [-0.39, 0.29) is 12.3 Å².